The molecule has 0 aliphatic carbocycles. The van der Waals surface area contributed by atoms with Crippen LogP contribution in [0.25, 0.3) is 0 Å². The van der Waals surface area contributed by atoms with Gasteiger partial charge >= 0.3 is 5.97 Å². The minimum atomic E-state index is -3.60. The molecule has 1 heterocycles. The third kappa shape index (κ3) is 7.09. The molecule has 1 aliphatic heterocycles. The molecule has 0 bridgehead atoms. The fourth-order valence-corrected chi connectivity index (χ4v) is 4.34. The first-order chi connectivity index (χ1) is 16.1. The van der Waals surface area contributed by atoms with Gasteiger partial charge in [0.1, 0.15) is 18.0 Å². The number of benzene rings is 2. The first-order valence-electron chi connectivity index (χ1n) is 10.8. The van der Waals surface area contributed by atoms with E-state index in [4.69, 9.17) is 18.9 Å². The second-order valence-corrected chi connectivity index (χ2v) is 9.70. The standard InChI is InChI=1S/C25H28F2O6S/c1-17(28)34-21(16-31-23(29)19-12-8-5-9-13-19)25(26,27)22(20-15-32-24(2,3)33-20)30-14-18-10-6-4-7-11-18/h4-13,20-22H,14-16H2,1-3H3/t20-,21+,22?/m1/s1. The quantitative estimate of drug-likeness (QED) is 0.437. The van der Waals surface area contributed by atoms with E-state index in [9.17, 15) is 9.59 Å². The average molecular weight is 495 g/mol. The summed E-state index contributed by atoms with van der Waals surface area (Å²) in [4.78, 5) is 24.2. The Morgan fingerprint density at radius 3 is 2.29 bits per heavy atom. The second kappa shape index (κ2) is 11.4. The summed E-state index contributed by atoms with van der Waals surface area (Å²) in [5, 5.41) is -2.23. The topological polar surface area (TPSA) is 71.1 Å². The van der Waals surface area contributed by atoms with Gasteiger partial charge in [0.05, 0.1) is 18.8 Å². The summed E-state index contributed by atoms with van der Waals surface area (Å²) in [5.41, 5.74) is 0.927. The molecule has 0 spiro atoms. The molecule has 184 valence electrons. The van der Waals surface area contributed by atoms with Crippen molar-refractivity contribution in [1.29, 1.82) is 0 Å². The lowest BCUT2D eigenvalue weighted by Crippen LogP contribution is -2.53. The molecule has 0 N–H and O–H groups in total. The molecule has 2 aromatic carbocycles. The first kappa shape index (κ1) is 26.3. The van der Waals surface area contributed by atoms with Gasteiger partial charge < -0.3 is 18.9 Å². The van der Waals surface area contributed by atoms with Gasteiger partial charge in [-0.05, 0) is 31.5 Å². The largest absolute Gasteiger partial charge is 0.461 e. The normalized spacial score (nSPS) is 19.4. The molecule has 2 aromatic rings. The summed E-state index contributed by atoms with van der Waals surface area (Å²) < 4.78 is 54.0. The van der Waals surface area contributed by atoms with Gasteiger partial charge in [0.2, 0.25) is 0 Å². The Hall–Kier alpha value is -2.33. The van der Waals surface area contributed by atoms with Crippen LogP contribution in [-0.4, -0.2) is 53.5 Å². The minimum absolute atomic E-state index is 0.0946. The van der Waals surface area contributed by atoms with Crippen molar-refractivity contribution in [1.82, 2.24) is 0 Å². The number of halogens is 2. The third-order valence-electron chi connectivity index (χ3n) is 5.13. The van der Waals surface area contributed by atoms with E-state index in [-0.39, 0.29) is 18.8 Å². The number of rotatable bonds is 10. The van der Waals surface area contributed by atoms with Crippen LogP contribution in [0.1, 0.15) is 36.7 Å². The molecule has 9 heteroatoms. The predicted octanol–water partition coefficient (Wildman–Crippen LogP) is 4.86. The number of carbonyl (C=O) groups excluding carboxylic acids is 2. The Morgan fingerprint density at radius 2 is 1.74 bits per heavy atom. The first-order valence-corrected chi connectivity index (χ1v) is 11.7. The maximum atomic E-state index is 15.9. The number of carbonyl (C=O) groups is 2. The number of hydrogen-bond acceptors (Lipinski definition) is 7. The van der Waals surface area contributed by atoms with Crippen molar-refractivity contribution in [3.8, 4) is 0 Å². The van der Waals surface area contributed by atoms with Gasteiger partial charge in [0.15, 0.2) is 17.0 Å². The molecule has 1 aliphatic rings. The molecule has 1 unspecified atom stereocenters. The highest BCUT2D eigenvalue weighted by Crippen LogP contribution is 2.40. The molecule has 0 amide bonds. The summed E-state index contributed by atoms with van der Waals surface area (Å²) in [5.74, 6) is -5.41. The summed E-state index contributed by atoms with van der Waals surface area (Å²) in [6.45, 7) is 3.55. The van der Waals surface area contributed by atoms with Crippen LogP contribution in [0.5, 0.6) is 0 Å². The van der Waals surface area contributed by atoms with E-state index >= 15 is 8.78 Å². The van der Waals surface area contributed by atoms with Crippen molar-refractivity contribution in [3.63, 3.8) is 0 Å². The highest BCUT2D eigenvalue weighted by molar-refractivity contribution is 8.14. The van der Waals surface area contributed by atoms with Gasteiger partial charge in [-0.25, -0.2) is 13.6 Å². The van der Waals surface area contributed by atoms with Crippen LogP contribution in [0.4, 0.5) is 8.78 Å². The van der Waals surface area contributed by atoms with E-state index in [0.29, 0.717) is 17.3 Å². The van der Waals surface area contributed by atoms with E-state index in [1.807, 2.05) is 6.07 Å². The van der Waals surface area contributed by atoms with Gasteiger partial charge in [-0.1, -0.05) is 60.3 Å². The van der Waals surface area contributed by atoms with Crippen LogP contribution in [-0.2, 0) is 30.3 Å². The molecule has 0 aromatic heterocycles. The van der Waals surface area contributed by atoms with Gasteiger partial charge in [0, 0.05) is 6.92 Å². The Kier molecular flexibility index (Phi) is 8.81. The number of esters is 1. The number of hydrogen-bond donors (Lipinski definition) is 0. The number of ether oxygens (including phenoxy) is 4. The molecule has 0 radical (unpaired) electrons. The third-order valence-corrected chi connectivity index (χ3v) is 6.20. The van der Waals surface area contributed by atoms with E-state index in [1.54, 1.807) is 56.3 Å². The van der Waals surface area contributed by atoms with Crippen LogP contribution in [0.3, 0.4) is 0 Å². The molecular weight excluding hydrogens is 466 g/mol. The van der Waals surface area contributed by atoms with E-state index in [1.165, 1.54) is 19.1 Å². The molecule has 34 heavy (non-hydrogen) atoms. The van der Waals surface area contributed by atoms with E-state index in [0.717, 1.165) is 0 Å². The lowest BCUT2D eigenvalue weighted by atomic mass is 10.0. The Bertz CT molecular complexity index is 954. The van der Waals surface area contributed by atoms with Crippen LogP contribution < -0.4 is 0 Å². The second-order valence-electron chi connectivity index (χ2n) is 8.32. The average Bonchev–Trinajstić information content (AvgIpc) is 3.16. The molecular formula is C25H28F2O6S. The van der Waals surface area contributed by atoms with Crippen molar-refractivity contribution >= 4 is 22.8 Å². The van der Waals surface area contributed by atoms with Gasteiger partial charge in [0.25, 0.3) is 5.92 Å². The van der Waals surface area contributed by atoms with E-state index < -0.39 is 46.9 Å². The summed E-state index contributed by atoms with van der Waals surface area (Å²) >= 11 is 0.410. The maximum Gasteiger partial charge on any atom is 0.338 e. The van der Waals surface area contributed by atoms with Gasteiger partial charge in [-0.15, -0.1) is 0 Å². The van der Waals surface area contributed by atoms with Crippen LogP contribution in [0.2, 0.25) is 0 Å². The van der Waals surface area contributed by atoms with Crippen LogP contribution >= 0.6 is 11.8 Å². The van der Waals surface area contributed by atoms with Gasteiger partial charge in [-0.3, -0.25) is 4.79 Å². The summed E-state index contributed by atoms with van der Waals surface area (Å²) in [6.07, 6.45) is -2.84. The van der Waals surface area contributed by atoms with Crippen molar-refractivity contribution in [3.05, 3.63) is 71.8 Å². The van der Waals surface area contributed by atoms with Crippen molar-refractivity contribution in [2.45, 2.75) is 56.5 Å². The van der Waals surface area contributed by atoms with Crippen molar-refractivity contribution < 1.29 is 37.3 Å². The highest BCUT2D eigenvalue weighted by atomic mass is 32.2. The predicted molar refractivity (Wildman–Crippen MR) is 124 cm³/mol. The molecule has 1 fully saturated rings. The van der Waals surface area contributed by atoms with Crippen molar-refractivity contribution in [2.75, 3.05) is 13.2 Å². The summed E-state index contributed by atoms with van der Waals surface area (Å²) in [6, 6.07) is 16.9. The fourth-order valence-electron chi connectivity index (χ4n) is 3.51. The zero-order valence-electron chi connectivity index (χ0n) is 19.2. The summed E-state index contributed by atoms with van der Waals surface area (Å²) in [7, 11) is 0. The lowest BCUT2D eigenvalue weighted by Gasteiger charge is -2.35. The number of thioether (sulfide) groups is 1. The minimum Gasteiger partial charge on any atom is -0.461 e. The highest BCUT2D eigenvalue weighted by Gasteiger charge is 2.55. The monoisotopic (exact) mass is 494 g/mol. The lowest BCUT2D eigenvalue weighted by molar-refractivity contribution is -0.209. The smallest absolute Gasteiger partial charge is 0.338 e. The van der Waals surface area contributed by atoms with Gasteiger partial charge in [-0.2, -0.15) is 0 Å². The zero-order valence-corrected chi connectivity index (χ0v) is 20.1. The molecule has 3 atom stereocenters. The Balaban J connectivity index is 1.81. The maximum absolute atomic E-state index is 15.9. The molecule has 0 saturated carbocycles. The molecule has 1 saturated heterocycles. The van der Waals surface area contributed by atoms with Crippen molar-refractivity contribution in [2.24, 2.45) is 0 Å². The number of alkyl halides is 2. The van der Waals surface area contributed by atoms with Crippen LogP contribution in [0.15, 0.2) is 60.7 Å². The fraction of sp³-hybridized carbons (Fsp3) is 0.440. The molecule has 6 nitrogen and oxygen atoms in total. The van der Waals surface area contributed by atoms with Crippen LogP contribution in [0, 0.1) is 0 Å². The van der Waals surface area contributed by atoms with E-state index in [2.05, 4.69) is 0 Å². The zero-order chi connectivity index (χ0) is 24.8. The Morgan fingerprint density at radius 1 is 1.12 bits per heavy atom. The SMILES string of the molecule is CC(=O)S[C@@H](COC(=O)c1ccccc1)C(F)(F)C(OCc1ccccc1)[C@H]1COC(C)(C)O1. The Labute approximate surface area is 201 Å². The molecule has 3 rings (SSSR count).